The van der Waals surface area contributed by atoms with Crippen LogP contribution in [-0.2, 0) is 26.4 Å². The second kappa shape index (κ2) is 6.41. The number of likely N-dealkylation sites (tertiary alicyclic amines) is 1. The third-order valence-electron chi connectivity index (χ3n) is 5.51. The lowest BCUT2D eigenvalue weighted by Gasteiger charge is -2.24. The smallest absolute Gasteiger partial charge is 0.126 e. The standard InChI is InChI=1S/C20H24N4/c1-23-18-9-3-2-8-17(18)22-20(23)19-10-5-11-24(19)14-16-7-4-6-15(12-16)13-21/h4,6-7,12,19H,2-3,5,8-11,14H2,1H3/t19-/m0/s1. The average Bonchev–Trinajstić information content (AvgIpc) is 3.20. The largest absolute Gasteiger partial charge is 0.334 e. The Morgan fingerprint density at radius 3 is 2.96 bits per heavy atom. The molecule has 0 unspecified atom stereocenters. The second-order valence-corrected chi connectivity index (χ2v) is 7.07. The van der Waals surface area contributed by atoms with Gasteiger partial charge in [-0.05, 0) is 62.8 Å². The van der Waals surface area contributed by atoms with Gasteiger partial charge in [0.1, 0.15) is 5.82 Å². The maximum absolute atomic E-state index is 9.11. The fraction of sp³-hybridized carbons (Fsp3) is 0.500. The molecule has 0 amide bonds. The van der Waals surface area contributed by atoms with Crippen LogP contribution in [0.3, 0.4) is 0 Å². The number of nitriles is 1. The summed E-state index contributed by atoms with van der Waals surface area (Å²) in [5.74, 6) is 1.25. The van der Waals surface area contributed by atoms with Crippen molar-refractivity contribution in [1.82, 2.24) is 14.5 Å². The van der Waals surface area contributed by atoms with Crippen LogP contribution in [0.25, 0.3) is 0 Å². The van der Waals surface area contributed by atoms with E-state index in [9.17, 15) is 0 Å². The zero-order valence-corrected chi connectivity index (χ0v) is 14.3. The minimum absolute atomic E-state index is 0.409. The molecule has 4 heteroatoms. The van der Waals surface area contributed by atoms with E-state index in [1.165, 1.54) is 54.9 Å². The Morgan fingerprint density at radius 1 is 1.25 bits per heavy atom. The maximum atomic E-state index is 9.11. The maximum Gasteiger partial charge on any atom is 0.126 e. The molecule has 2 aliphatic rings. The van der Waals surface area contributed by atoms with Gasteiger partial charge in [-0.3, -0.25) is 4.90 Å². The lowest BCUT2D eigenvalue weighted by molar-refractivity contribution is 0.236. The Bertz CT molecular complexity index is 783. The molecule has 4 nitrogen and oxygen atoms in total. The van der Waals surface area contributed by atoms with Crippen molar-refractivity contribution in [3.05, 3.63) is 52.6 Å². The van der Waals surface area contributed by atoms with Gasteiger partial charge in [0.25, 0.3) is 0 Å². The van der Waals surface area contributed by atoms with Gasteiger partial charge in [-0.2, -0.15) is 5.26 Å². The predicted octanol–water partition coefficient (Wildman–Crippen LogP) is 3.51. The Hall–Kier alpha value is -2.12. The number of benzene rings is 1. The van der Waals surface area contributed by atoms with Gasteiger partial charge in [0.2, 0.25) is 0 Å². The summed E-state index contributed by atoms with van der Waals surface area (Å²) in [7, 11) is 2.19. The molecular formula is C20H24N4. The number of aromatic nitrogens is 2. The highest BCUT2D eigenvalue weighted by atomic mass is 15.2. The van der Waals surface area contributed by atoms with E-state index < -0.39 is 0 Å². The Kier molecular flexibility index (Phi) is 4.12. The van der Waals surface area contributed by atoms with E-state index in [1.54, 1.807) is 0 Å². The van der Waals surface area contributed by atoms with E-state index in [0.29, 0.717) is 6.04 Å². The molecule has 2 aromatic rings. The van der Waals surface area contributed by atoms with Crippen LogP contribution in [0.15, 0.2) is 24.3 Å². The van der Waals surface area contributed by atoms with Crippen molar-refractivity contribution >= 4 is 0 Å². The molecule has 2 heterocycles. The topological polar surface area (TPSA) is 44.9 Å². The van der Waals surface area contributed by atoms with E-state index in [0.717, 1.165) is 25.1 Å². The molecule has 0 N–H and O–H groups in total. The Morgan fingerprint density at radius 2 is 2.12 bits per heavy atom. The van der Waals surface area contributed by atoms with Crippen molar-refractivity contribution in [3.63, 3.8) is 0 Å². The molecule has 1 aliphatic carbocycles. The fourth-order valence-corrected chi connectivity index (χ4v) is 4.29. The first-order valence-corrected chi connectivity index (χ1v) is 9.03. The number of hydrogen-bond acceptors (Lipinski definition) is 3. The Labute approximate surface area is 143 Å². The monoisotopic (exact) mass is 320 g/mol. The lowest BCUT2D eigenvalue weighted by Crippen LogP contribution is -2.25. The summed E-state index contributed by atoms with van der Waals surface area (Å²) in [6.07, 6.45) is 7.29. The van der Waals surface area contributed by atoms with Crippen molar-refractivity contribution in [2.45, 2.75) is 51.1 Å². The van der Waals surface area contributed by atoms with E-state index in [4.69, 9.17) is 10.2 Å². The normalized spacial score (nSPS) is 20.8. The molecule has 4 rings (SSSR count). The molecule has 1 saturated heterocycles. The summed E-state index contributed by atoms with van der Waals surface area (Å²) >= 11 is 0. The van der Waals surface area contributed by atoms with Crippen molar-refractivity contribution in [1.29, 1.82) is 5.26 Å². The summed E-state index contributed by atoms with van der Waals surface area (Å²) in [5, 5.41) is 9.11. The van der Waals surface area contributed by atoms with Gasteiger partial charge in [0.05, 0.1) is 23.4 Å². The fourth-order valence-electron chi connectivity index (χ4n) is 4.29. The zero-order valence-electron chi connectivity index (χ0n) is 14.3. The van der Waals surface area contributed by atoms with Gasteiger partial charge in [-0.1, -0.05) is 12.1 Å². The number of fused-ring (bicyclic) bond motifs is 1. The summed E-state index contributed by atoms with van der Waals surface area (Å²) in [4.78, 5) is 7.56. The highest BCUT2D eigenvalue weighted by Crippen LogP contribution is 2.34. The first kappa shape index (κ1) is 15.4. The quantitative estimate of drug-likeness (QED) is 0.869. The lowest BCUT2D eigenvalue weighted by atomic mass is 10.0. The summed E-state index contributed by atoms with van der Waals surface area (Å²) in [6.45, 7) is 2.01. The highest BCUT2D eigenvalue weighted by Gasteiger charge is 2.31. The van der Waals surface area contributed by atoms with Gasteiger partial charge in [0.15, 0.2) is 0 Å². The second-order valence-electron chi connectivity index (χ2n) is 7.07. The van der Waals surface area contributed by atoms with Gasteiger partial charge in [-0.25, -0.2) is 4.98 Å². The Balaban J connectivity index is 1.59. The van der Waals surface area contributed by atoms with Gasteiger partial charge in [-0.15, -0.1) is 0 Å². The van der Waals surface area contributed by atoms with Crippen molar-refractivity contribution in [2.24, 2.45) is 7.05 Å². The van der Waals surface area contributed by atoms with Gasteiger partial charge >= 0.3 is 0 Å². The third-order valence-corrected chi connectivity index (χ3v) is 5.51. The first-order chi connectivity index (χ1) is 11.8. The predicted molar refractivity (Wildman–Crippen MR) is 93.4 cm³/mol. The summed E-state index contributed by atoms with van der Waals surface area (Å²) in [6, 6.07) is 10.6. The molecule has 1 fully saturated rings. The van der Waals surface area contributed by atoms with E-state index in [-0.39, 0.29) is 0 Å². The van der Waals surface area contributed by atoms with E-state index in [1.807, 2.05) is 18.2 Å². The molecule has 1 aromatic carbocycles. The number of nitrogens with zero attached hydrogens (tertiary/aromatic N) is 4. The third kappa shape index (κ3) is 2.74. The molecular weight excluding hydrogens is 296 g/mol. The van der Waals surface area contributed by atoms with Crippen LogP contribution in [0.4, 0.5) is 0 Å². The van der Waals surface area contributed by atoms with Crippen LogP contribution in [0.2, 0.25) is 0 Å². The molecule has 124 valence electrons. The van der Waals surface area contributed by atoms with Crippen LogP contribution in [0, 0.1) is 11.3 Å². The van der Waals surface area contributed by atoms with Gasteiger partial charge < -0.3 is 4.57 Å². The van der Waals surface area contributed by atoms with Crippen LogP contribution in [-0.4, -0.2) is 21.0 Å². The summed E-state index contributed by atoms with van der Waals surface area (Å²) < 4.78 is 2.36. The van der Waals surface area contributed by atoms with Crippen molar-refractivity contribution in [3.8, 4) is 6.07 Å². The molecule has 1 aromatic heterocycles. The highest BCUT2D eigenvalue weighted by molar-refractivity contribution is 5.33. The number of imidazole rings is 1. The van der Waals surface area contributed by atoms with Crippen LogP contribution < -0.4 is 0 Å². The van der Waals surface area contributed by atoms with Gasteiger partial charge in [0, 0.05) is 19.3 Å². The van der Waals surface area contributed by atoms with E-state index >= 15 is 0 Å². The van der Waals surface area contributed by atoms with Crippen LogP contribution in [0.5, 0.6) is 0 Å². The minimum atomic E-state index is 0.409. The molecule has 24 heavy (non-hydrogen) atoms. The molecule has 0 saturated carbocycles. The number of aryl methyl sites for hydroxylation is 1. The minimum Gasteiger partial charge on any atom is -0.334 e. The molecule has 0 bridgehead atoms. The molecule has 0 spiro atoms. The van der Waals surface area contributed by atoms with Crippen LogP contribution in [0.1, 0.15) is 60.1 Å². The van der Waals surface area contributed by atoms with E-state index in [2.05, 4.69) is 28.7 Å². The average molecular weight is 320 g/mol. The van der Waals surface area contributed by atoms with Crippen molar-refractivity contribution in [2.75, 3.05) is 6.54 Å². The van der Waals surface area contributed by atoms with Crippen molar-refractivity contribution < 1.29 is 0 Å². The first-order valence-electron chi connectivity index (χ1n) is 9.03. The number of hydrogen-bond donors (Lipinski definition) is 0. The zero-order chi connectivity index (χ0) is 16.5. The summed E-state index contributed by atoms with van der Waals surface area (Å²) in [5.41, 5.74) is 4.75. The van der Waals surface area contributed by atoms with Crippen LogP contribution >= 0.6 is 0 Å². The number of rotatable bonds is 3. The SMILES string of the molecule is Cn1c([C@@H]2CCCN2Cc2cccc(C#N)c2)nc2c1CCCC2. The molecule has 1 aliphatic heterocycles. The molecule has 1 atom stereocenters. The molecule has 0 radical (unpaired) electrons.